The molecule has 1 aliphatic rings. The van der Waals surface area contributed by atoms with Crippen LogP contribution in [0.2, 0.25) is 0 Å². The van der Waals surface area contributed by atoms with Gasteiger partial charge in [0.2, 0.25) is 0 Å². The number of amides is 1. The van der Waals surface area contributed by atoms with Gasteiger partial charge in [-0.2, -0.15) is 5.26 Å². The van der Waals surface area contributed by atoms with Crippen molar-refractivity contribution in [3.63, 3.8) is 0 Å². The van der Waals surface area contributed by atoms with E-state index in [1.54, 1.807) is 4.90 Å². The van der Waals surface area contributed by atoms with Crippen molar-refractivity contribution in [3.05, 3.63) is 41.1 Å². The molecule has 1 heterocycles. The first-order valence-corrected chi connectivity index (χ1v) is 9.49. The molecule has 1 unspecified atom stereocenters. The molecule has 1 atom stereocenters. The molecule has 150 valence electrons. The Labute approximate surface area is 165 Å². The van der Waals surface area contributed by atoms with Crippen molar-refractivity contribution in [2.45, 2.75) is 39.7 Å². The summed E-state index contributed by atoms with van der Waals surface area (Å²) in [5, 5.41) is 21.6. The van der Waals surface area contributed by atoms with E-state index >= 15 is 0 Å². The summed E-state index contributed by atoms with van der Waals surface area (Å²) < 4.78 is 5.67. The molecule has 2 N–H and O–H groups in total. The molecule has 28 heavy (non-hydrogen) atoms. The van der Waals surface area contributed by atoms with Gasteiger partial charge in [-0.3, -0.25) is 9.59 Å². The topological polar surface area (TPSA) is 103 Å². The first-order valence-electron chi connectivity index (χ1n) is 9.49. The average Bonchev–Trinajstić information content (AvgIpc) is 2.69. The van der Waals surface area contributed by atoms with E-state index < -0.39 is 11.9 Å². The lowest BCUT2D eigenvalue weighted by Gasteiger charge is -2.30. The number of carboxylic acid groups (broad SMARTS) is 1. The highest BCUT2D eigenvalue weighted by Crippen LogP contribution is 2.26. The van der Waals surface area contributed by atoms with Crippen LogP contribution in [0.3, 0.4) is 0 Å². The standard InChI is InChI=1S/C21H27N3O4/c1-4-28-19-6-5-14(2)11-18(19)15(3)23-13-17(12-22)20(25)24-9-7-16(8-10-24)21(26)27/h5-6,11,13,15-16,23H,4,7-10H2,1-3H3,(H,26,27)/b17-13-. The third-order valence-corrected chi connectivity index (χ3v) is 4.89. The van der Waals surface area contributed by atoms with Crippen LogP contribution >= 0.6 is 0 Å². The normalized spacial score (nSPS) is 16.2. The Morgan fingerprint density at radius 2 is 2.11 bits per heavy atom. The molecule has 0 aromatic heterocycles. The number of hydrogen-bond donors (Lipinski definition) is 2. The Bertz CT molecular complexity index is 789. The van der Waals surface area contributed by atoms with Crippen molar-refractivity contribution in [3.8, 4) is 11.8 Å². The van der Waals surface area contributed by atoms with Crippen LogP contribution in [0.25, 0.3) is 0 Å². The van der Waals surface area contributed by atoms with Gasteiger partial charge in [0.15, 0.2) is 0 Å². The van der Waals surface area contributed by atoms with Crippen molar-refractivity contribution in [2.24, 2.45) is 5.92 Å². The number of rotatable bonds is 7. The first-order chi connectivity index (χ1) is 13.4. The lowest BCUT2D eigenvalue weighted by molar-refractivity contribution is -0.145. The maximum absolute atomic E-state index is 12.6. The number of likely N-dealkylation sites (tertiary alicyclic amines) is 1. The van der Waals surface area contributed by atoms with Gasteiger partial charge in [-0.05, 0) is 39.7 Å². The van der Waals surface area contributed by atoms with Gasteiger partial charge >= 0.3 is 5.97 Å². The van der Waals surface area contributed by atoms with E-state index in [2.05, 4.69) is 5.32 Å². The smallest absolute Gasteiger partial charge is 0.306 e. The number of nitriles is 1. The zero-order chi connectivity index (χ0) is 20.7. The van der Waals surface area contributed by atoms with E-state index in [0.29, 0.717) is 32.5 Å². The Kier molecular flexibility index (Phi) is 7.44. The number of aryl methyl sites for hydroxylation is 1. The van der Waals surface area contributed by atoms with Crippen LogP contribution in [-0.2, 0) is 9.59 Å². The number of piperidine rings is 1. The maximum Gasteiger partial charge on any atom is 0.306 e. The summed E-state index contributed by atoms with van der Waals surface area (Å²) in [6.07, 6.45) is 2.25. The van der Waals surface area contributed by atoms with Crippen molar-refractivity contribution in [1.29, 1.82) is 5.26 Å². The molecule has 1 fully saturated rings. The third kappa shape index (κ3) is 5.26. The summed E-state index contributed by atoms with van der Waals surface area (Å²) in [6, 6.07) is 7.70. The zero-order valence-electron chi connectivity index (χ0n) is 16.6. The van der Waals surface area contributed by atoms with Gasteiger partial charge in [0.25, 0.3) is 5.91 Å². The second-order valence-electron chi connectivity index (χ2n) is 6.94. The van der Waals surface area contributed by atoms with Gasteiger partial charge in [0, 0.05) is 24.9 Å². The maximum atomic E-state index is 12.6. The quantitative estimate of drug-likeness (QED) is 0.553. The van der Waals surface area contributed by atoms with Crippen molar-refractivity contribution < 1.29 is 19.4 Å². The summed E-state index contributed by atoms with van der Waals surface area (Å²) in [4.78, 5) is 25.2. The molecule has 0 saturated carbocycles. The van der Waals surface area contributed by atoms with Crippen LogP contribution < -0.4 is 10.1 Å². The highest BCUT2D eigenvalue weighted by Gasteiger charge is 2.28. The van der Waals surface area contributed by atoms with Crippen LogP contribution in [0.4, 0.5) is 0 Å². The fourth-order valence-corrected chi connectivity index (χ4v) is 3.23. The van der Waals surface area contributed by atoms with Crippen LogP contribution in [0.15, 0.2) is 30.0 Å². The summed E-state index contributed by atoms with van der Waals surface area (Å²) in [5.74, 6) is -0.862. The number of carbonyl (C=O) groups excluding carboxylic acids is 1. The Hall–Kier alpha value is -3.01. The minimum atomic E-state index is -0.832. The number of hydrogen-bond acceptors (Lipinski definition) is 5. The van der Waals surface area contributed by atoms with E-state index in [9.17, 15) is 14.9 Å². The fourth-order valence-electron chi connectivity index (χ4n) is 3.23. The Balaban J connectivity index is 2.07. The summed E-state index contributed by atoms with van der Waals surface area (Å²) in [5.41, 5.74) is 2.05. The van der Waals surface area contributed by atoms with Crippen molar-refractivity contribution >= 4 is 11.9 Å². The Morgan fingerprint density at radius 1 is 1.43 bits per heavy atom. The van der Waals surface area contributed by atoms with Crippen LogP contribution in [0.1, 0.15) is 43.9 Å². The van der Waals surface area contributed by atoms with Gasteiger partial charge in [0.05, 0.1) is 18.6 Å². The number of aliphatic carboxylic acids is 1. The molecule has 7 nitrogen and oxygen atoms in total. The SMILES string of the molecule is CCOc1ccc(C)cc1C(C)N/C=C(/C#N)C(=O)N1CCC(C(=O)O)CC1. The molecule has 0 aliphatic carbocycles. The van der Waals surface area contributed by atoms with Crippen molar-refractivity contribution in [2.75, 3.05) is 19.7 Å². The first kappa shape index (κ1) is 21.3. The van der Waals surface area contributed by atoms with E-state index in [4.69, 9.17) is 9.84 Å². The third-order valence-electron chi connectivity index (χ3n) is 4.89. The minimum absolute atomic E-state index is 0.00578. The predicted molar refractivity (Wildman–Crippen MR) is 105 cm³/mol. The zero-order valence-corrected chi connectivity index (χ0v) is 16.6. The van der Waals surface area contributed by atoms with Gasteiger partial charge in [-0.25, -0.2) is 0 Å². The average molecular weight is 385 g/mol. The van der Waals surface area contributed by atoms with Crippen molar-refractivity contribution in [1.82, 2.24) is 10.2 Å². The van der Waals surface area contributed by atoms with E-state index in [1.807, 2.05) is 45.0 Å². The van der Waals surface area contributed by atoms with Gasteiger partial charge < -0.3 is 20.1 Å². The molecule has 1 aromatic rings. The monoisotopic (exact) mass is 385 g/mol. The molecule has 1 saturated heterocycles. The van der Waals surface area contributed by atoms with Gasteiger partial charge in [-0.1, -0.05) is 17.7 Å². The molecule has 0 radical (unpaired) electrons. The number of carboxylic acids is 1. The number of nitrogens with one attached hydrogen (secondary N) is 1. The van der Waals surface area contributed by atoms with Crippen LogP contribution in [-0.4, -0.2) is 41.6 Å². The molecular weight excluding hydrogens is 358 g/mol. The second-order valence-corrected chi connectivity index (χ2v) is 6.94. The molecule has 0 spiro atoms. The molecular formula is C21H27N3O4. The fraction of sp³-hybridized carbons (Fsp3) is 0.476. The largest absolute Gasteiger partial charge is 0.494 e. The number of carbonyl (C=O) groups is 2. The lowest BCUT2D eigenvalue weighted by Crippen LogP contribution is -2.41. The number of benzene rings is 1. The summed E-state index contributed by atoms with van der Waals surface area (Å²) >= 11 is 0. The number of ether oxygens (including phenoxy) is 1. The van der Waals surface area contributed by atoms with E-state index in [-0.39, 0.29) is 17.5 Å². The summed E-state index contributed by atoms with van der Waals surface area (Å²) in [6.45, 7) is 7.08. The Morgan fingerprint density at radius 3 is 2.68 bits per heavy atom. The highest BCUT2D eigenvalue weighted by atomic mass is 16.5. The second kappa shape index (κ2) is 9.79. The van der Waals surface area contributed by atoms with E-state index in [1.165, 1.54) is 6.20 Å². The summed E-state index contributed by atoms with van der Waals surface area (Å²) in [7, 11) is 0. The van der Waals surface area contributed by atoms with Gasteiger partial charge in [-0.15, -0.1) is 0 Å². The number of nitrogens with zero attached hydrogens (tertiary/aromatic N) is 2. The molecule has 7 heteroatoms. The molecule has 1 aliphatic heterocycles. The molecule has 1 aromatic carbocycles. The lowest BCUT2D eigenvalue weighted by atomic mass is 9.97. The molecule has 1 amide bonds. The van der Waals surface area contributed by atoms with Crippen LogP contribution in [0.5, 0.6) is 5.75 Å². The van der Waals surface area contributed by atoms with Gasteiger partial charge in [0.1, 0.15) is 17.4 Å². The van der Waals surface area contributed by atoms with E-state index in [0.717, 1.165) is 16.9 Å². The minimum Gasteiger partial charge on any atom is -0.494 e. The predicted octanol–water partition coefficient (Wildman–Crippen LogP) is 2.78. The molecule has 2 rings (SSSR count). The highest BCUT2D eigenvalue weighted by molar-refractivity contribution is 5.97. The molecule has 0 bridgehead atoms. The van der Waals surface area contributed by atoms with Crippen LogP contribution in [0, 0.1) is 24.2 Å².